The molecule has 0 saturated carbocycles. The Morgan fingerprint density at radius 1 is 1.25 bits per heavy atom. The van der Waals surface area contributed by atoms with E-state index >= 15 is 0 Å². The molecule has 2 N–H and O–H groups in total. The molecule has 24 heavy (non-hydrogen) atoms. The van der Waals surface area contributed by atoms with Crippen molar-refractivity contribution in [1.82, 2.24) is 20.4 Å². The van der Waals surface area contributed by atoms with Crippen LogP contribution in [0.2, 0.25) is 0 Å². The highest BCUT2D eigenvalue weighted by Crippen LogP contribution is 2.32. The number of benzene rings is 1. The SMILES string of the molecule is CN=C(NCCc1ccc2c(c1)OCO2)NCc1cnn(C)c1.I. The maximum atomic E-state index is 5.39. The monoisotopic (exact) mass is 443 g/mol. The molecule has 0 fully saturated rings. The topological polar surface area (TPSA) is 72.7 Å². The van der Waals surface area contributed by atoms with Crippen LogP contribution in [-0.2, 0) is 20.0 Å². The van der Waals surface area contributed by atoms with Gasteiger partial charge in [0.15, 0.2) is 17.5 Å². The van der Waals surface area contributed by atoms with E-state index < -0.39 is 0 Å². The normalized spacial score (nSPS) is 12.7. The number of fused-ring (bicyclic) bond motifs is 1. The minimum absolute atomic E-state index is 0. The molecule has 2 aromatic rings. The van der Waals surface area contributed by atoms with Crippen LogP contribution in [-0.4, -0.2) is 36.1 Å². The third kappa shape index (κ3) is 4.76. The lowest BCUT2D eigenvalue weighted by Crippen LogP contribution is -2.37. The van der Waals surface area contributed by atoms with Gasteiger partial charge in [0.2, 0.25) is 6.79 Å². The molecule has 2 heterocycles. The lowest BCUT2D eigenvalue weighted by molar-refractivity contribution is 0.174. The maximum absolute atomic E-state index is 5.39. The van der Waals surface area contributed by atoms with Crippen LogP contribution in [0.25, 0.3) is 0 Å². The molecule has 0 saturated heterocycles. The van der Waals surface area contributed by atoms with Gasteiger partial charge in [0.1, 0.15) is 0 Å². The number of nitrogens with zero attached hydrogens (tertiary/aromatic N) is 3. The quantitative estimate of drug-likeness (QED) is 0.418. The Bertz CT molecular complexity index is 702. The summed E-state index contributed by atoms with van der Waals surface area (Å²) in [5.74, 6) is 2.41. The number of aliphatic imine (C=N–C) groups is 1. The molecule has 0 unspecified atom stereocenters. The highest BCUT2D eigenvalue weighted by atomic mass is 127. The first-order valence-electron chi connectivity index (χ1n) is 7.55. The molecular weight excluding hydrogens is 421 g/mol. The molecule has 3 rings (SSSR count). The molecule has 0 aliphatic carbocycles. The predicted molar refractivity (Wildman–Crippen MR) is 103 cm³/mol. The van der Waals surface area contributed by atoms with Crippen molar-refractivity contribution in [3.63, 3.8) is 0 Å². The molecule has 0 spiro atoms. The van der Waals surface area contributed by atoms with Gasteiger partial charge in [0.05, 0.1) is 6.20 Å². The zero-order valence-electron chi connectivity index (χ0n) is 13.8. The number of hydrogen-bond acceptors (Lipinski definition) is 4. The van der Waals surface area contributed by atoms with E-state index in [1.54, 1.807) is 11.7 Å². The third-order valence-electron chi connectivity index (χ3n) is 3.59. The summed E-state index contributed by atoms with van der Waals surface area (Å²) in [6.45, 7) is 1.78. The number of guanidine groups is 1. The molecule has 1 aromatic heterocycles. The fraction of sp³-hybridized carbons (Fsp3) is 0.375. The molecule has 0 atom stereocenters. The first-order valence-corrected chi connectivity index (χ1v) is 7.55. The minimum atomic E-state index is 0. The molecule has 0 bridgehead atoms. The van der Waals surface area contributed by atoms with Gasteiger partial charge in [-0.2, -0.15) is 5.10 Å². The van der Waals surface area contributed by atoms with Gasteiger partial charge < -0.3 is 20.1 Å². The van der Waals surface area contributed by atoms with E-state index in [-0.39, 0.29) is 24.0 Å². The highest BCUT2D eigenvalue weighted by molar-refractivity contribution is 14.0. The van der Waals surface area contributed by atoms with Crippen molar-refractivity contribution in [3.8, 4) is 11.5 Å². The maximum Gasteiger partial charge on any atom is 0.231 e. The van der Waals surface area contributed by atoms with Gasteiger partial charge in [-0.1, -0.05) is 6.07 Å². The Balaban J connectivity index is 0.00000208. The Kier molecular flexibility index (Phi) is 6.71. The average Bonchev–Trinajstić information content (AvgIpc) is 3.18. The van der Waals surface area contributed by atoms with Crippen LogP contribution in [0, 0.1) is 0 Å². The van der Waals surface area contributed by atoms with Crippen LogP contribution >= 0.6 is 24.0 Å². The van der Waals surface area contributed by atoms with Crippen molar-refractivity contribution >= 4 is 29.9 Å². The summed E-state index contributed by atoms with van der Waals surface area (Å²) in [6.07, 6.45) is 4.70. The van der Waals surface area contributed by atoms with Gasteiger partial charge in [0.25, 0.3) is 0 Å². The summed E-state index contributed by atoms with van der Waals surface area (Å²) >= 11 is 0. The third-order valence-corrected chi connectivity index (χ3v) is 3.59. The van der Waals surface area contributed by atoms with E-state index in [0.717, 1.165) is 36.0 Å². The fourth-order valence-corrected chi connectivity index (χ4v) is 2.39. The molecule has 8 heteroatoms. The predicted octanol–water partition coefficient (Wildman–Crippen LogP) is 1.67. The van der Waals surface area contributed by atoms with Crippen molar-refractivity contribution in [1.29, 1.82) is 0 Å². The van der Waals surface area contributed by atoms with Gasteiger partial charge >= 0.3 is 0 Å². The number of halogens is 1. The van der Waals surface area contributed by atoms with Crippen LogP contribution < -0.4 is 20.1 Å². The molecule has 1 aromatic carbocycles. The van der Waals surface area contributed by atoms with E-state index in [4.69, 9.17) is 9.47 Å². The molecule has 1 aliphatic heterocycles. The number of aromatic nitrogens is 2. The number of ether oxygens (including phenoxy) is 2. The first kappa shape index (κ1) is 18.4. The smallest absolute Gasteiger partial charge is 0.231 e. The van der Waals surface area contributed by atoms with E-state index in [0.29, 0.717) is 13.3 Å². The first-order chi connectivity index (χ1) is 11.2. The largest absolute Gasteiger partial charge is 0.454 e. The van der Waals surface area contributed by atoms with E-state index in [1.165, 1.54) is 5.56 Å². The summed E-state index contributed by atoms with van der Waals surface area (Å²) in [7, 11) is 3.67. The van der Waals surface area contributed by atoms with Crippen molar-refractivity contribution in [2.45, 2.75) is 13.0 Å². The van der Waals surface area contributed by atoms with Crippen LogP contribution in [0.5, 0.6) is 11.5 Å². The van der Waals surface area contributed by atoms with Crippen LogP contribution in [0.4, 0.5) is 0 Å². The number of nitrogens with one attached hydrogen (secondary N) is 2. The molecular formula is C16H22IN5O2. The Morgan fingerprint density at radius 2 is 2.08 bits per heavy atom. The van der Waals surface area contributed by atoms with E-state index in [9.17, 15) is 0 Å². The average molecular weight is 443 g/mol. The zero-order chi connectivity index (χ0) is 16.1. The summed E-state index contributed by atoms with van der Waals surface area (Å²) < 4.78 is 12.5. The Labute approximate surface area is 158 Å². The second-order valence-electron chi connectivity index (χ2n) is 5.31. The van der Waals surface area contributed by atoms with Gasteiger partial charge in [0, 0.05) is 38.9 Å². The second-order valence-corrected chi connectivity index (χ2v) is 5.31. The zero-order valence-corrected chi connectivity index (χ0v) is 16.1. The Hall–Kier alpha value is -1.97. The van der Waals surface area contributed by atoms with E-state index in [1.807, 2.05) is 31.6 Å². The lowest BCUT2D eigenvalue weighted by Gasteiger charge is -2.11. The minimum Gasteiger partial charge on any atom is -0.454 e. The summed E-state index contributed by atoms with van der Waals surface area (Å²) in [5.41, 5.74) is 2.32. The lowest BCUT2D eigenvalue weighted by atomic mass is 10.1. The summed E-state index contributed by atoms with van der Waals surface area (Å²) in [5, 5.41) is 10.7. The fourth-order valence-electron chi connectivity index (χ4n) is 2.39. The number of hydrogen-bond donors (Lipinski definition) is 2. The van der Waals surface area contributed by atoms with Crippen LogP contribution in [0.1, 0.15) is 11.1 Å². The molecule has 130 valence electrons. The molecule has 7 nitrogen and oxygen atoms in total. The van der Waals surface area contributed by atoms with Gasteiger partial charge in [-0.3, -0.25) is 9.67 Å². The van der Waals surface area contributed by atoms with Crippen molar-refractivity contribution in [2.24, 2.45) is 12.0 Å². The van der Waals surface area contributed by atoms with Crippen molar-refractivity contribution in [3.05, 3.63) is 41.7 Å². The number of rotatable bonds is 5. The summed E-state index contributed by atoms with van der Waals surface area (Å²) in [4.78, 5) is 4.22. The van der Waals surface area contributed by atoms with Crippen LogP contribution in [0.15, 0.2) is 35.6 Å². The molecule has 0 amide bonds. The highest BCUT2D eigenvalue weighted by Gasteiger charge is 2.12. The van der Waals surface area contributed by atoms with Gasteiger partial charge in [-0.05, 0) is 24.1 Å². The summed E-state index contributed by atoms with van der Waals surface area (Å²) in [6, 6.07) is 6.03. The van der Waals surface area contributed by atoms with Gasteiger partial charge in [-0.15, -0.1) is 24.0 Å². The molecule has 1 aliphatic rings. The number of aryl methyl sites for hydroxylation is 1. The standard InChI is InChI=1S/C16H21N5O2.HI/c1-17-16(19-8-13-9-20-21(2)10-13)18-6-5-12-3-4-14-15(7-12)23-11-22-14;/h3-4,7,9-10H,5-6,8,11H2,1-2H3,(H2,17,18,19);1H. The van der Waals surface area contributed by atoms with Crippen molar-refractivity contribution in [2.75, 3.05) is 20.4 Å². The second kappa shape index (κ2) is 8.76. The molecule has 0 radical (unpaired) electrons. The Morgan fingerprint density at radius 3 is 2.83 bits per heavy atom. The van der Waals surface area contributed by atoms with Crippen LogP contribution in [0.3, 0.4) is 0 Å². The van der Waals surface area contributed by atoms with E-state index in [2.05, 4.69) is 26.8 Å². The van der Waals surface area contributed by atoms with Crippen molar-refractivity contribution < 1.29 is 9.47 Å². The van der Waals surface area contributed by atoms with Gasteiger partial charge in [-0.25, -0.2) is 0 Å².